The molecule has 2 rings (SSSR count). The number of hydrogen-bond donors (Lipinski definition) is 2. The molecule has 0 fully saturated rings. The lowest BCUT2D eigenvalue weighted by Crippen LogP contribution is -2.38. The Hall–Kier alpha value is -2.03. The number of halogens is 2. The molecule has 0 aliphatic rings. The van der Waals surface area contributed by atoms with Crippen molar-refractivity contribution >= 4 is 29.9 Å². The second-order valence-electron chi connectivity index (χ2n) is 5.01. The fourth-order valence-electron chi connectivity index (χ4n) is 2.08. The third kappa shape index (κ3) is 7.59. The minimum absolute atomic E-state index is 0. The number of aliphatic imine (C=N–C) groups is 1. The molecule has 0 saturated heterocycles. The summed E-state index contributed by atoms with van der Waals surface area (Å²) in [5.74, 6) is 1.89. The third-order valence-electron chi connectivity index (χ3n) is 3.28. The van der Waals surface area contributed by atoms with Gasteiger partial charge >= 0.3 is 0 Å². The van der Waals surface area contributed by atoms with Crippen molar-refractivity contribution in [3.8, 4) is 11.5 Å². The van der Waals surface area contributed by atoms with Gasteiger partial charge < -0.3 is 20.1 Å². The molecular weight excluding hydrogens is 436 g/mol. The second kappa shape index (κ2) is 11.5. The van der Waals surface area contributed by atoms with Crippen LogP contribution in [0.2, 0.25) is 0 Å². The van der Waals surface area contributed by atoms with Crippen molar-refractivity contribution in [2.24, 2.45) is 4.99 Å². The zero-order valence-corrected chi connectivity index (χ0v) is 16.6. The minimum Gasteiger partial charge on any atom is -0.497 e. The Morgan fingerprint density at radius 1 is 1.08 bits per heavy atom. The van der Waals surface area contributed by atoms with Crippen LogP contribution >= 0.6 is 24.0 Å². The standard InChI is InChI=1S/C18H22FN3O2.HI/c1-20-18(22-13-14-5-3-6-15(19)11-14)21-9-10-24-17-8-4-7-16(12-17)23-2;/h3-8,11-12H,9-10,13H2,1-2H3,(H2,20,21,22);1H. The van der Waals surface area contributed by atoms with Gasteiger partial charge in [0.05, 0.1) is 13.7 Å². The van der Waals surface area contributed by atoms with E-state index < -0.39 is 0 Å². The highest BCUT2D eigenvalue weighted by atomic mass is 127. The van der Waals surface area contributed by atoms with Crippen molar-refractivity contribution in [2.75, 3.05) is 27.3 Å². The Morgan fingerprint density at radius 3 is 2.56 bits per heavy atom. The van der Waals surface area contributed by atoms with Crippen LogP contribution in [-0.2, 0) is 6.54 Å². The molecule has 25 heavy (non-hydrogen) atoms. The van der Waals surface area contributed by atoms with Crippen LogP contribution < -0.4 is 20.1 Å². The van der Waals surface area contributed by atoms with Crippen LogP contribution in [0, 0.1) is 5.82 Å². The molecule has 2 aromatic rings. The molecule has 2 N–H and O–H groups in total. The Morgan fingerprint density at radius 2 is 1.84 bits per heavy atom. The third-order valence-corrected chi connectivity index (χ3v) is 3.28. The van der Waals surface area contributed by atoms with Gasteiger partial charge in [0.2, 0.25) is 0 Å². The molecule has 0 aliphatic carbocycles. The van der Waals surface area contributed by atoms with Crippen LogP contribution in [0.15, 0.2) is 53.5 Å². The van der Waals surface area contributed by atoms with Crippen LogP contribution in [0.4, 0.5) is 4.39 Å². The molecule has 5 nitrogen and oxygen atoms in total. The first-order chi connectivity index (χ1) is 11.7. The maximum absolute atomic E-state index is 13.1. The van der Waals surface area contributed by atoms with E-state index in [1.54, 1.807) is 20.2 Å². The van der Waals surface area contributed by atoms with Crippen LogP contribution in [0.5, 0.6) is 11.5 Å². The zero-order valence-electron chi connectivity index (χ0n) is 14.3. The fourth-order valence-corrected chi connectivity index (χ4v) is 2.08. The molecule has 0 spiro atoms. The van der Waals surface area contributed by atoms with E-state index in [2.05, 4.69) is 15.6 Å². The monoisotopic (exact) mass is 459 g/mol. The van der Waals surface area contributed by atoms with Crippen molar-refractivity contribution < 1.29 is 13.9 Å². The van der Waals surface area contributed by atoms with E-state index in [1.807, 2.05) is 30.3 Å². The first-order valence-corrected chi connectivity index (χ1v) is 7.67. The second-order valence-corrected chi connectivity index (χ2v) is 5.01. The van der Waals surface area contributed by atoms with E-state index in [1.165, 1.54) is 12.1 Å². The average molecular weight is 459 g/mol. The predicted octanol–water partition coefficient (Wildman–Crippen LogP) is 3.20. The summed E-state index contributed by atoms with van der Waals surface area (Å²) in [7, 11) is 3.30. The Balaban J connectivity index is 0.00000312. The fraction of sp³-hybridized carbons (Fsp3) is 0.278. The number of hydrogen-bond acceptors (Lipinski definition) is 3. The van der Waals surface area contributed by atoms with Crippen molar-refractivity contribution in [3.63, 3.8) is 0 Å². The quantitative estimate of drug-likeness (QED) is 0.289. The lowest BCUT2D eigenvalue weighted by atomic mass is 10.2. The molecule has 0 unspecified atom stereocenters. The Bertz CT molecular complexity index is 683. The number of methoxy groups -OCH3 is 1. The lowest BCUT2D eigenvalue weighted by molar-refractivity contribution is 0.319. The summed E-state index contributed by atoms with van der Waals surface area (Å²) in [6.07, 6.45) is 0. The number of guanidine groups is 1. The number of nitrogens with one attached hydrogen (secondary N) is 2. The zero-order chi connectivity index (χ0) is 17.2. The summed E-state index contributed by atoms with van der Waals surface area (Å²) in [6, 6.07) is 13.9. The number of ether oxygens (including phenoxy) is 2. The first kappa shape index (κ1) is 21.0. The van der Waals surface area contributed by atoms with Crippen LogP contribution in [0.25, 0.3) is 0 Å². The molecule has 2 aromatic carbocycles. The molecule has 0 heterocycles. The molecule has 0 radical (unpaired) electrons. The molecule has 0 amide bonds. The molecule has 0 bridgehead atoms. The molecule has 0 atom stereocenters. The van der Waals surface area contributed by atoms with E-state index in [4.69, 9.17) is 9.47 Å². The molecule has 7 heteroatoms. The summed E-state index contributed by atoms with van der Waals surface area (Å²) < 4.78 is 23.9. The van der Waals surface area contributed by atoms with E-state index in [0.717, 1.165) is 17.1 Å². The van der Waals surface area contributed by atoms with Gasteiger partial charge in [-0.3, -0.25) is 4.99 Å². The van der Waals surface area contributed by atoms with Crippen molar-refractivity contribution in [2.45, 2.75) is 6.54 Å². The van der Waals surface area contributed by atoms with Gasteiger partial charge in [0.25, 0.3) is 0 Å². The Kier molecular flexibility index (Phi) is 9.68. The van der Waals surface area contributed by atoms with Gasteiger partial charge in [-0.15, -0.1) is 24.0 Å². The van der Waals surface area contributed by atoms with Crippen molar-refractivity contribution in [3.05, 3.63) is 59.9 Å². The molecule has 0 aliphatic heterocycles. The van der Waals surface area contributed by atoms with Gasteiger partial charge in [0, 0.05) is 19.7 Å². The number of nitrogens with zero attached hydrogens (tertiary/aromatic N) is 1. The highest BCUT2D eigenvalue weighted by Crippen LogP contribution is 2.18. The van der Waals surface area contributed by atoms with Crippen LogP contribution in [0.1, 0.15) is 5.56 Å². The van der Waals surface area contributed by atoms with Gasteiger partial charge in [-0.2, -0.15) is 0 Å². The number of benzene rings is 2. The lowest BCUT2D eigenvalue weighted by Gasteiger charge is -2.13. The summed E-state index contributed by atoms with van der Waals surface area (Å²) in [5, 5.41) is 6.27. The number of rotatable bonds is 7. The van der Waals surface area contributed by atoms with E-state index in [9.17, 15) is 4.39 Å². The van der Waals surface area contributed by atoms with Crippen LogP contribution in [-0.4, -0.2) is 33.3 Å². The normalized spacial score (nSPS) is 10.6. The molecule has 0 saturated carbocycles. The molecule has 0 aromatic heterocycles. The smallest absolute Gasteiger partial charge is 0.191 e. The van der Waals surface area contributed by atoms with Crippen molar-refractivity contribution in [1.29, 1.82) is 0 Å². The first-order valence-electron chi connectivity index (χ1n) is 7.67. The van der Waals surface area contributed by atoms with Crippen LogP contribution in [0.3, 0.4) is 0 Å². The van der Waals surface area contributed by atoms with E-state index in [-0.39, 0.29) is 29.8 Å². The van der Waals surface area contributed by atoms with Gasteiger partial charge in [0.1, 0.15) is 23.9 Å². The van der Waals surface area contributed by atoms with E-state index >= 15 is 0 Å². The SMILES string of the molecule is CN=C(NCCOc1cccc(OC)c1)NCc1cccc(F)c1.I. The van der Waals surface area contributed by atoms with Gasteiger partial charge in [-0.1, -0.05) is 18.2 Å². The van der Waals surface area contributed by atoms with Gasteiger partial charge in [0.15, 0.2) is 5.96 Å². The largest absolute Gasteiger partial charge is 0.497 e. The predicted molar refractivity (Wildman–Crippen MR) is 109 cm³/mol. The average Bonchev–Trinajstić information content (AvgIpc) is 2.61. The molecular formula is C18H23FIN3O2. The summed E-state index contributed by atoms with van der Waals surface area (Å²) in [4.78, 5) is 4.12. The molecule has 136 valence electrons. The summed E-state index contributed by atoms with van der Waals surface area (Å²) in [5.41, 5.74) is 0.852. The summed E-state index contributed by atoms with van der Waals surface area (Å²) in [6.45, 7) is 1.56. The maximum Gasteiger partial charge on any atom is 0.191 e. The topological polar surface area (TPSA) is 54.9 Å². The highest BCUT2D eigenvalue weighted by Gasteiger charge is 2.00. The Labute approximate surface area is 164 Å². The van der Waals surface area contributed by atoms with E-state index in [0.29, 0.717) is 25.7 Å². The van der Waals surface area contributed by atoms with Crippen molar-refractivity contribution in [1.82, 2.24) is 10.6 Å². The highest BCUT2D eigenvalue weighted by molar-refractivity contribution is 14.0. The minimum atomic E-state index is -0.246. The maximum atomic E-state index is 13.1. The van der Waals surface area contributed by atoms with Gasteiger partial charge in [-0.05, 0) is 29.8 Å². The van der Waals surface area contributed by atoms with Gasteiger partial charge in [-0.25, -0.2) is 4.39 Å². The summed E-state index contributed by atoms with van der Waals surface area (Å²) >= 11 is 0.